The molecule has 1 heterocycles. The summed E-state index contributed by atoms with van der Waals surface area (Å²) in [6, 6.07) is 3.23. The van der Waals surface area contributed by atoms with Crippen LogP contribution in [0.5, 0.6) is 0 Å². The fourth-order valence-corrected chi connectivity index (χ4v) is 2.26. The van der Waals surface area contributed by atoms with Crippen LogP contribution in [0.1, 0.15) is 35.3 Å². The summed E-state index contributed by atoms with van der Waals surface area (Å²) in [6.45, 7) is 5.46. The average molecular weight is 310 g/mol. The molecule has 0 saturated heterocycles. The second-order valence-corrected chi connectivity index (χ2v) is 6.47. The Bertz CT molecular complexity index is 570. The van der Waals surface area contributed by atoms with Gasteiger partial charge >= 0.3 is 5.97 Å². The van der Waals surface area contributed by atoms with Crippen LogP contribution in [0.25, 0.3) is 6.08 Å². The molecule has 7 heteroatoms. The Hall–Kier alpha value is -2.15. The maximum absolute atomic E-state index is 11.8. The van der Waals surface area contributed by atoms with Gasteiger partial charge in [0.25, 0.3) is 5.91 Å². The molecular formula is C14H18N2O4S. The smallest absolute Gasteiger partial charge is 0.328 e. The lowest BCUT2D eigenvalue weighted by atomic mass is 10.1. The van der Waals surface area contributed by atoms with E-state index in [0.717, 1.165) is 17.4 Å². The number of carbonyl (C=O) groups is 3. The van der Waals surface area contributed by atoms with Gasteiger partial charge in [-0.1, -0.05) is 0 Å². The third kappa shape index (κ3) is 6.71. The molecule has 0 unspecified atom stereocenters. The van der Waals surface area contributed by atoms with Crippen molar-refractivity contribution in [2.45, 2.75) is 26.3 Å². The van der Waals surface area contributed by atoms with Crippen molar-refractivity contribution in [3.8, 4) is 0 Å². The first kappa shape index (κ1) is 16.9. The minimum atomic E-state index is -1.05. The highest BCUT2D eigenvalue weighted by Crippen LogP contribution is 2.17. The van der Waals surface area contributed by atoms with Crippen LogP contribution in [0.2, 0.25) is 0 Å². The van der Waals surface area contributed by atoms with Gasteiger partial charge in [0.1, 0.15) is 0 Å². The molecule has 0 spiro atoms. The van der Waals surface area contributed by atoms with Crippen molar-refractivity contribution in [2.24, 2.45) is 0 Å². The number of amides is 2. The molecule has 0 radical (unpaired) electrons. The standard InChI is InChI=1S/C14H18N2O4S/c1-14(2,3)16-11(17)8-15-13(20)10-6-4-9(21-10)5-7-12(18)19/h4-7H,8H2,1-3H3,(H,15,20)(H,16,17)(H,18,19)/b7-5+. The summed E-state index contributed by atoms with van der Waals surface area (Å²) < 4.78 is 0. The lowest BCUT2D eigenvalue weighted by Crippen LogP contribution is -2.45. The zero-order valence-electron chi connectivity index (χ0n) is 12.1. The minimum Gasteiger partial charge on any atom is -0.478 e. The normalized spacial score (nSPS) is 11.4. The van der Waals surface area contributed by atoms with E-state index in [-0.39, 0.29) is 23.9 Å². The first-order chi connectivity index (χ1) is 9.67. The number of aliphatic carboxylic acids is 1. The van der Waals surface area contributed by atoms with E-state index in [4.69, 9.17) is 5.11 Å². The van der Waals surface area contributed by atoms with Gasteiger partial charge in [0.05, 0.1) is 11.4 Å². The third-order valence-electron chi connectivity index (χ3n) is 2.16. The topological polar surface area (TPSA) is 95.5 Å². The number of thiophene rings is 1. The number of carboxylic acid groups (broad SMARTS) is 1. The number of carboxylic acids is 1. The van der Waals surface area contributed by atoms with Gasteiger partial charge in [-0.05, 0) is 39.0 Å². The molecule has 0 saturated carbocycles. The monoisotopic (exact) mass is 310 g/mol. The van der Waals surface area contributed by atoms with Crippen LogP contribution in [-0.2, 0) is 9.59 Å². The van der Waals surface area contributed by atoms with Gasteiger partial charge in [0, 0.05) is 16.5 Å². The Morgan fingerprint density at radius 1 is 1.29 bits per heavy atom. The van der Waals surface area contributed by atoms with Crippen molar-refractivity contribution in [3.05, 3.63) is 28.0 Å². The molecule has 6 nitrogen and oxygen atoms in total. The van der Waals surface area contributed by atoms with Crippen LogP contribution in [0.15, 0.2) is 18.2 Å². The molecule has 1 aromatic rings. The summed E-state index contributed by atoms with van der Waals surface area (Å²) in [5.74, 6) is -1.68. The van der Waals surface area contributed by atoms with Crippen molar-refractivity contribution in [1.29, 1.82) is 0 Å². The Balaban J connectivity index is 2.53. The molecule has 0 atom stereocenters. The predicted molar refractivity (Wildman–Crippen MR) is 81.2 cm³/mol. The molecule has 3 N–H and O–H groups in total. The van der Waals surface area contributed by atoms with Crippen molar-refractivity contribution < 1.29 is 19.5 Å². The van der Waals surface area contributed by atoms with Crippen LogP contribution in [0.4, 0.5) is 0 Å². The van der Waals surface area contributed by atoms with Gasteiger partial charge in [-0.15, -0.1) is 11.3 Å². The van der Waals surface area contributed by atoms with E-state index in [1.807, 2.05) is 20.8 Å². The van der Waals surface area contributed by atoms with Gasteiger partial charge in [-0.3, -0.25) is 9.59 Å². The second-order valence-electron chi connectivity index (χ2n) is 5.35. The van der Waals surface area contributed by atoms with E-state index < -0.39 is 5.97 Å². The molecular weight excluding hydrogens is 292 g/mol. The highest BCUT2D eigenvalue weighted by Gasteiger charge is 2.15. The molecule has 114 valence electrons. The van der Waals surface area contributed by atoms with Crippen LogP contribution in [0.3, 0.4) is 0 Å². The summed E-state index contributed by atoms with van der Waals surface area (Å²) in [6.07, 6.45) is 2.42. The van der Waals surface area contributed by atoms with Gasteiger partial charge in [-0.25, -0.2) is 4.79 Å². The first-order valence-electron chi connectivity index (χ1n) is 6.27. The largest absolute Gasteiger partial charge is 0.478 e. The van der Waals surface area contributed by atoms with Crippen molar-refractivity contribution in [1.82, 2.24) is 10.6 Å². The minimum absolute atomic E-state index is 0.103. The molecule has 1 rings (SSSR count). The first-order valence-corrected chi connectivity index (χ1v) is 7.09. The van der Waals surface area contributed by atoms with E-state index in [2.05, 4.69) is 10.6 Å². The number of carbonyl (C=O) groups excluding carboxylic acids is 2. The van der Waals surface area contributed by atoms with E-state index in [1.165, 1.54) is 6.08 Å². The van der Waals surface area contributed by atoms with Crippen LogP contribution in [0, 0.1) is 0 Å². The summed E-state index contributed by atoms with van der Waals surface area (Å²) >= 11 is 1.15. The Kier molecular flexibility index (Phi) is 5.66. The van der Waals surface area contributed by atoms with Crippen LogP contribution in [-0.4, -0.2) is 35.0 Å². The zero-order valence-corrected chi connectivity index (χ0v) is 12.9. The van der Waals surface area contributed by atoms with Crippen LogP contribution >= 0.6 is 11.3 Å². The number of hydrogen-bond acceptors (Lipinski definition) is 4. The van der Waals surface area contributed by atoms with Crippen molar-refractivity contribution in [3.63, 3.8) is 0 Å². The second kappa shape index (κ2) is 7.03. The van der Waals surface area contributed by atoms with E-state index in [1.54, 1.807) is 12.1 Å². The molecule has 0 aliphatic heterocycles. The number of nitrogens with one attached hydrogen (secondary N) is 2. The third-order valence-corrected chi connectivity index (χ3v) is 3.21. The lowest BCUT2D eigenvalue weighted by molar-refractivity contribution is -0.131. The van der Waals surface area contributed by atoms with Gasteiger partial charge in [0.15, 0.2) is 0 Å². The molecule has 0 aliphatic rings. The Labute approximate surface area is 126 Å². The summed E-state index contributed by atoms with van der Waals surface area (Å²) in [5.41, 5.74) is -0.348. The Morgan fingerprint density at radius 3 is 2.52 bits per heavy atom. The van der Waals surface area contributed by atoms with Crippen molar-refractivity contribution >= 4 is 35.2 Å². The van der Waals surface area contributed by atoms with Gasteiger partial charge in [-0.2, -0.15) is 0 Å². The number of rotatable bonds is 5. The van der Waals surface area contributed by atoms with E-state index >= 15 is 0 Å². The van der Waals surface area contributed by atoms with Crippen LogP contribution < -0.4 is 10.6 Å². The SMILES string of the molecule is CC(C)(C)NC(=O)CNC(=O)c1ccc(/C=C/C(=O)O)s1. The molecule has 21 heavy (non-hydrogen) atoms. The molecule has 0 aliphatic carbocycles. The summed E-state index contributed by atoms with van der Waals surface area (Å²) in [7, 11) is 0. The predicted octanol–water partition coefficient (Wildman–Crippen LogP) is 1.49. The summed E-state index contributed by atoms with van der Waals surface area (Å²) in [4.78, 5) is 34.9. The average Bonchev–Trinajstić information content (AvgIpc) is 2.80. The molecule has 0 fully saturated rings. The van der Waals surface area contributed by atoms with Crippen molar-refractivity contribution in [2.75, 3.05) is 6.54 Å². The highest BCUT2D eigenvalue weighted by molar-refractivity contribution is 7.14. The summed E-state index contributed by atoms with van der Waals surface area (Å²) in [5, 5.41) is 13.8. The molecule has 2 amide bonds. The highest BCUT2D eigenvalue weighted by atomic mass is 32.1. The Morgan fingerprint density at radius 2 is 1.95 bits per heavy atom. The maximum Gasteiger partial charge on any atom is 0.328 e. The lowest BCUT2D eigenvalue weighted by Gasteiger charge is -2.20. The van der Waals surface area contributed by atoms with Gasteiger partial charge < -0.3 is 15.7 Å². The van der Waals surface area contributed by atoms with E-state index in [0.29, 0.717) is 9.75 Å². The number of hydrogen-bond donors (Lipinski definition) is 3. The quantitative estimate of drug-likeness (QED) is 0.718. The van der Waals surface area contributed by atoms with E-state index in [9.17, 15) is 14.4 Å². The fourth-order valence-electron chi connectivity index (χ4n) is 1.43. The van der Waals surface area contributed by atoms with Gasteiger partial charge in [0.2, 0.25) is 5.91 Å². The molecule has 0 aromatic carbocycles. The molecule has 1 aromatic heterocycles. The molecule has 0 bridgehead atoms. The maximum atomic E-state index is 11.8. The fraction of sp³-hybridized carbons (Fsp3) is 0.357. The zero-order chi connectivity index (χ0) is 16.0.